The predicted octanol–water partition coefficient (Wildman–Crippen LogP) is 2.72. The summed E-state index contributed by atoms with van der Waals surface area (Å²) in [5, 5.41) is 8.97. The number of aromatic nitrogens is 2. The Hall–Kier alpha value is -1.49. The molecule has 3 heterocycles. The van der Waals surface area contributed by atoms with Crippen LogP contribution < -0.4 is 0 Å². The molecule has 0 aliphatic carbocycles. The molecule has 2 aromatic rings. The first-order valence-electron chi connectivity index (χ1n) is 6.51. The molecule has 0 radical (unpaired) electrons. The number of pyridine rings is 1. The van der Waals surface area contributed by atoms with Gasteiger partial charge in [-0.05, 0) is 48.8 Å². The summed E-state index contributed by atoms with van der Waals surface area (Å²) in [5.74, 6) is 2.32. The van der Waals surface area contributed by atoms with Crippen molar-refractivity contribution in [3.8, 4) is 0 Å². The van der Waals surface area contributed by atoms with Gasteiger partial charge in [0.25, 0.3) is 0 Å². The van der Waals surface area contributed by atoms with E-state index >= 15 is 0 Å². The summed E-state index contributed by atoms with van der Waals surface area (Å²) in [6.07, 6.45) is 7.32. The molecule has 2 aromatic heterocycles. The molecular formula is C14H16N2O2S. The van der Waals surface area contributed by atoms with Crippen LogP contribution in [0.15, 0.2) is 24.5 Å². The lowest BCUT2D eigenvalue weighted by molar-refractivity contribution is 0.0697. The Morgan fingerprint density at radius 1 is 1.47 bits per heavy atom. The molecular weight excluding hydrogens is 260 g/mol. The minimum atomic E-state index is -0.906. The molecule has 3 rings (SSSR count). The van der Waals surface area contributed by atoms with Crippen molar-refractivity contribution >= 4 is 23.4 Å². The largest absolute Gasteiger partial charge is 0.478 e. The van der Waals surface area contributed by atoms with Gasteiger partial charge in [0.15, 0.2) is 0 Å². The van der Waals surface area contributed by atoms with E-state index in [1.54, 1.807) is 18.3 Å². The highest BCUT2D eigenvalue weighted by atomic mass is 32.2. The summed E-state index contributed by atoms with van der Waals surface area (Å²) in [4.78, 5) is 15.5. The Labute approximate surface area is 115 Å². The minimum Gasteiger partial charge on any atom is -0.478 e. The maximum absolute atomic E-state index is 10.9. The molecule has 100 valence electrons. The molecule has 1 N–H and O–H groups in total. The first-order valence-corrected chi connectivity index (χ1v) is 7.66. The van der Waals surface area contributed by atoms with Gasteiger partial charge in [0.2, 0.25) is 0 Å². The fourth-order valence-corrected chi connectivity index (χ4v) is 3.72. The lowest BCUT2D eigenvalue weighted by atomic mass is 9.97. The lowest BCUT2D eigenvalue weighted by Crippen LogP contribution is -2.12. The van der Waals surface area contributed by atoms with E-state index in [4.69, 9.17) is 5.11 Å². The number of carboxylic acids is 1. The molecule has 0 spiro atoms. The molecule has 0 unspecified atom stereocenters. The fourth-order valence-electron chi connectivity index (χ4n) is 2.51. The van der Waals surface area contributed by atoms with E-state index in [0.29, 0.717) is 5.56 Å². The smallest absolute Gasteiger partial charge is 0.335 e. The summed E-state index contributed by atoms with van der Waals surface area (Å²) in [5.41, 5.74) is 2.08. The van der Waals surface area contributed by atoms with Crippen LogP contribution in [-0.2, 0) is 6.42 Å². The van der Waals surface area contributed by atoms with Gasteiger partial charge in [-0.2, -0.15) is 11.8 Å². The zero-order valence-electron chi connectivity index (χ0n) is 10.6. The van der Waals surface area contributed by atoms with E-state index in [1.165, 1.54) is 24.3 Å². The first-order chi connectivity index (χ1) is 9.22. The van der Waals surface area contributed by atoms with Crippen molar-refractivity contribution in [2.24, 2.45) is 5.92 Å². The highest BCUT2D eigenvalue weighted by Crippen LogP contribution is 2.25. The third kappa shape index (κ3) is 2.76. The second-order valence-electron chi connectivity index (χ2n) is 4.98. The molecule has 0 aromatic carbocycles. The van der Waals surface area contributed by atoms with Crippen LogP contribution in [0.5, 0.6) is 0 Å². The predicted molar refractivity (Wildman–Crippen MR) is 75.9 cm³/mol. The van der Waals surface area contributed by atoms with Gasteiger partial charge < -0.3 is 9.51 Å². The van der Waals surface area contributed by atoms with Crippen LogP contribution in [0.2, 0.25) is 0 Å². The molecule has 0 atom stereocenters. The summed E-state index contributed by atoms with van der Waals surface area (Å²) in [6.45, 7) is 0. The Kier molecular flexibility index (Phi) is 3.46. The number of imidazole rings is 1. The van der Waals surface area contributed by atoms with Gasteiger partial charge in [-0.15, -0.1) is 0 Å². The van der Waals surface area contributed by atoms with Gasteiger partial charge in [-0.25, -0.2) is 9.78 Å². The molecule has 0 saturated carbocycles. The number of carbonyl (C=O) groups is 1. The van der Waals surface area contributed by atoms with E-state index in [9.17, 15) is 4.79 Å². The monoisotopic (exact) mass is 276 g/mol. The van der Waals surface area contributed by atoms with Crippen LogP contribution in [0.25, 0.3) is 5.65 Å². The molecule has 1 fully saturated rings. The van der Waals surface area contributed by atoms with Gasteiger partial charge in [0, 0.05) is 12.4 Å². The SMILES string of the molecule is O=C(O)c1ccn2cc(CC3CCSCC3)nc2c1. The number of hydrogen-bond acceptors (Lipinski definition) is 3. The van der Waals surface area contributed by atoms with Crippen molar-refractivity contribution in [1.82, 2.24) is 9.38 Å². The Balaban J connectivity index is 1.82. The standard InChI is InChI=1S/C14H16N2O2S/c17-14(18)11-1-4-16-9-12(15-13(16)8-11)7-10-2-5-19-6-3-10/h1,4,8-10H,2-3,5-7H2,(H,17,18). The number of rotatable bonds is 3. The van der Waals surface area contributed by atoms with Gasteiger partial charge in [-0.3, -0.25) is 0 Å². The number of aromatic carboxylic acids is 1. The van der Waals surface area contributed by atoms with E-state index in [-0.39, 0.29) is 0 Å². The third-order valence-electron chi connectivity index (χ3n) is 3.60. The second-order valence-corrected chi connectivity index (χ2v) is 6.20. The van der Waals surface area contributed by atoms with Crippen molar-refractivity contribution in [2.75, 3.05) is 11.5 Å². The number of fused-ring (bicyclic) bond motifs is 1. The van der Waals surface area contributed by atoms with E-state index in [1.807, 2.05) is 22.4 Å². The summed E-state index contributed by atoms with van der Waals surface area (Å²) in [7, 11) is 0. The number of nitrogens with zero attached hydrogens (tertiary/aromatic N) is 2. The van der Waals surface area contributed by atoms with Crippen molar-refractivity contribution in [3.63, 3.8) is 0 Å². The lowest BCUT2D eigenvalue weighted by Gasteiger charge is -2.19. The summed E-state index contributed by atoms with van der Waals surface area (Å²) >= 11 is 2.03. The Morgan fingerprint density at radius 2 is 2.26 bits per heavy atom. The van der Waals surface area contributed by atoms with Crippen molar-refractivity contribution in [2.45, 2.75) is 19.3 Å². The molecule has 4 nitrogen and oxygen atoms in total. The number of hydrogen-bond donors (Lipinski definition) is 1. The van der Waals surface area contributed by atoms with Crippen LogP contribution in [0, 0.1) is 5.92 Å². The van der Waals surface area contributed by atoms with Crippen molar-refractivity contribution in [3.05, 3.63) is 35.8 Å². The van der Waals surface area contributed by atoms with E-state index in [2.05, 4.69) is 4.98 Å². The molecule has 19 heavy (non-hydrogen) atoms. The van der Waals surface area contributed by atoms with Gasteiger partial charge in [0.05, 0.1) is 11.3 Å². The first kappa shape index (κ1) is 12.5. The fraction of sp³-hybridized carbons (Fsp3) is 0.429. The Morgan fingerprint density at radius 3 is 3.00 bits per heavy atom. The number of carboxylic acid groups (broad SMARTS) is 1. The molecule has 0 bridgehead atoms. The van der Waals surface area contributed by atoms with Crippen LogP contribution in [0.4, 0.5) is 0 Å². The van der Waals surface area contributed by atoms with Crippen molar-refractivity contribution < 1.29 is 9.90 Å². The van der Waals surface area contributed by atoms with Crippen LogP contribution in [0.1, 0.15) is 28.9 Å². The molecule has 1 saturated heterocycles. The van der Waals surface area contributed by atoms with Gasteiger partial charge in [0.1, 0.15) is 5.65 Å². The zero-order valence-corrected chi connectivity index (χ0v) is 11.4. The summed E-state index contributed by atoms with van der Waals surface area (Å²) < 4.78 is 1.90. The van der Waals surface area contributed by atoms with E-state index < -0.39 is 5.97 Å². The topological polar surface area (TPSA) is 54.6 Å². The third-order valence-corrected chi connectivity index (χ3v) is 4.64. The van der Waals surface area contributed by atoms with Crippen LogP contribution in [-0.4, -0.2) is 32.0 Å². The molecule has 1 aliphatic heterocycles. The highest BCUT2D eigenvalue weighted by molar-refractivity contribution is 7.99. The molecule has 0 amide bonds. The average Bonchev–Trinajstić information content (AvgIpc) is 2.80. The van der Waals surface area contributed by atoms with Gasteiger partial charge >= 0.3 is 5.97 Å². The molecule has 5 heteroatoms. The zero-order chi connectivity index (χ0) is 13.2. The second kappa shape index (κ2) is 5.25. The van der Waals surface area contributed by atoms with Crippen LogP contribution >= 0.6 is 11.8 Å². The van der Waals surface area contributed by atoms with Gasteiger partial charge in [-0.1, -0.05) is 0 Å². The van der Waals surface area contributed by atoms with Crippen molar-refractivity contribution in [1.29, 1.82) is 0 Å². The normalized spacial score (nSPS) is 16.8. The maximum Gasteiger partial charge on any atom is 0.335 e. The van der Waals surface area contributed by atoms with Crippen LogP contribution in [0.3, 0.4) is 0 Å². The summed E-state index contributed by atoms with van der Waals surface area (Å²) in [6, 6.07) is 3.24. The quantitative estimate of drug-likeness (QED) is 0.936. The Bertz CT molecular complexity index is 603. The number of thioether (sulfide) groups is 1. The highest BCUT2D eigenvalue weighted by Gasteiger charge is 2.16. The average molecular weight is 276 g/mol. The molecule has 1 aliphatic rings. The van der Waals surface area contributed by atoms with E-state index in [0.717, 1.165) is 23.7 Å². The minimum absolute atomic E-state index is 0.290. The maximum atomic E-state index is 10.9.